The smallest absolute Gasteiger partial charge is 0.124 e. The van der Waals surface area contributed by atoms with Gasteiger partial charge in [0.15, 0.2) is 0 Å². The zero-order valence-corrected chi connectivity index (χ0v) is 15.5. The molecule has 0 bridgehead atoms. The number of imidazole rings is 1. The number of aryl methyl sites for hydroxylation is 1. The maximum Gasteiger partial charge on any atom is 0.124 e. The summed E-state index contributed by atoms with van der Waals surface area (Å²) < 4.78 is 8.10. The molecule has 0 amide bonds. The Kier molecular flexibility index (Phi) is 5.95. The van der Waals surface area contributed by atoms with Crippen molar-refractivity contribution in [3.8, 4) is 5.75 Å². The van der Waals surface area contributed by atoms with Gasteiger partial charge in [-0.1, -0.05) is 23.7 Å². The molecule has 132 valence electrons. The number of aromatic nitrogens is 2. The number of benzene rings is 2. The number of unbranched alkanes of at least 4 members (excludes halogenated alkanes) is 1. The van der Waals surface area contributed by atoms with E-state index in [4.69, 9.17) is 21.3 Å². The predicted molar refractivity (Wildman–Crippen MR) is 103 cm³/mol. The van der Waals surface area contributed by atoms with Crippen LogP contribution >= 0.6 is 11.6 Å². The fourth-order valence-electron chi connectivity index (χ4n) is 2.87. The molecule has 4 nitrogen and oxygen atoms in total. The van der Waals surface area contributed by atoms with Gasteiger partial charge in [0, 0.05) is 11.6 Å². The van der Waals surface area contributed by atoms with E-state index in [9.17, 15) is 0 Å². The standard InChI is InChI=1S/C20H24ClN3O/c1-23(2)15-20-22-18-7-3-4-8-19(18)24(20)13-5-6-14-25-17-11-9-16(21)10-12-17/h3-4,7-12H,5-6,13-15H2,1-2H3. The molecule has 0 atom stereocenters. The highest BCUT2D eigenvalue weighted by atomic mass is 35.5. The summed E-state index contributed by atoms with van der Waals surface area (Å²) in [5.41, 5.74) is 2.27. The van der Waals surface area contributed by atoms with Crippen LogP contribution in [0.5, 0.6) is 5.75 Å². The minimum atomic E-state index is 0.706. The third-order valence-corrected chi connectivity index (χ3v) is 4.30. The van der Waals surface area contributed by atoms with Crippen LogP contribution in [0.4, 0.5) is 0 Å². The molecule has 0 unspecified atom stereocenters. The Morgan fingerprint density at radius 1 is 1.04 bits per heavy atom. The van der Waals surface area contributed by atoms with Crippen molar-refractivity contribution in [1.29, 1.82) is 0 Å². The van der Waals surface area contributed by atoms with Gasteiger partial charge in [0.2, 0.25) is 0 Å². The lowest BCUT2D eigenvalue weighted by Crippen LogP contribution is -2.16. The third kappa shape index (κ3) is 4.74. The topological polar surface area (TPSA) is 30.3 Å². The molecule has 25 heavy (non-hydrogen) atoms. The molecule has 2 aromatic carbocycles. The molecule has 0 fully saturated rings. The molecule has 0 spiro atoms. The summed E-state index contributed by atoms with van der Waals surface area (Å²) in [6.07, 6.45) is 2.05. The highest BCUT2D eigenvalue weighted by Crippen LogP contribution is 2.19. The van der Waals surface area contributed by atoms with E-state index in [2.05, 4.69) is 41.8 Å². The summed E-state index contributed by atoms with van der Waals surface area (Å²) in [6.45, 7) is 2.50. The number of fused-ring (bicyclic) bond motifs is 1. The second-order valence-corrected chi connectivity index (χ2v) is 6.85. The SMILES string of the molecule is CN(C)Cc1nc2ccccc2n1CCCCOc1ccc(Cl)cc1. The fourth-order valence-corrected chi connectivity index (χ4v) is 3.00. The van der Waals surface area contributed by atoms with Gasteiger partial charge in [-0.25, -0.2) is 4.98 Å². The predicted octanol–water partition coefficient (Wildman–Crippen LogP) is 4.61. The number of rotatable bonds is 8. The van der Waals surface area contributed by atoms with Gasteiger partial charge in [-0.05, 0) is 63.3 Å². The summed E-state index contributed by atoms with van der Waals surface area (Å²) in [5, 5.41) is 0.729. The van der Waals surface area contributed by atoms with Gasteiger partial charge in [-0.2, -0.15) is 0 Å². The van der Waals surface area contributed by atoms with E-state index in [0.29, 0.717) is 6.61 Å². The molecule has 0 aliphatic heterocycles. The van der Waals surface area contributed by atoms with Crippen molar-refractivity contribution in [2.45, 2.75) is 25.9 Å². The van der Waals surface area contributed by atoms with Crippen molar-refractivity contribution in [2.24, 2.45) is 0 Å². The van der Waals surface area contributed by atoms with Crippen molar-refractivity contribution < 1.29 is 4.74 Å². The Bertz CT molecular complexity index is 811. The average Bonchev–Trinajstić information content (AvgIpc) is 2.93. The Labute approximate surface area is 154 Å². The monoisotopic (exact) mass is 357 g/mol. The van der Waals surface area contributed by atoms with Crippen molar-refractivity contribution >= 4 is 22.6 Å². The molecule has 3 aromatic rings. The van der Waals surface area contributed by atoms with E-state index in [1.807, 2.05) is 30.3 Å². The number of para-hydroxylation sites is 2. The van der Waals surface area contributed by atoms with Gasteiger partial charge in [0.1, 0.15) is 11.6 Å². The van der Waals surface area contributed by atoms with Crippen molar-refractivity contribution in [2.75, 3.05) is 20.7 Å². The van der Waals surface area contributed by atoms with Gasteiger partial charge in [0.05, 0.1) is 24.2 Å². The van der Waals surface area contributed by atoms with Crippen LogP contribution < -0.4 is 4.74 Å². The fraction of sp³-hybridized carbons (Fsp3) is 0.350. The van der Waals surface area contributed by atoms with E-state index in [0.717, 1.165) is 48.0 Å². The molecule has 0 saturated carbocycles. The first-order chi connectivity index (χ1) is 12.1. The Morgan fingerprint density at radius 2 is 1.80 bits per heavy atom. The third-order valence-electron chi connectivity index (χ3n) is 4.05. The maximum absolute atomic E-state index is 5.88. The van der Waals surface area contributed by atoms with E-state index in [1.165, 1.54) is 5.52 Å². The normalized spacial score (nSPS) is 11.4. The van der Waals surface area contributed by atoms with Gasteiger partial charge >= 0.3 is 0 Å². The molecular weight excluding hydrogens is 334 g/mol. The molecule has 0 aliphatic rings. The molecule has 3 rings (SSSR count). The van der Waals surface area contributed by atoms with Gasteiger partial charge in [-0.3, -0.25) is 0 Å². The van der Waals surface area contributed by atoms with Crippen molar-refractivity contribution in [1.82, 2.24) is 14.5 Å². The minimum Gasteiger partial charge on any atom is -0.494 e. The molecule has 0 saturated heterocycles. The van der Waals surface area contributed by atoms with Gasteiger partial charge < -0.3 is 14.2 Å². The second-order valence-electron chi connectivity index (χ2n) is 6.42. The first-order valence-corrected chi connectivity index (χ1v) is 8.98. The number of ether oxygens (including phenoxy) is 1. The maximum atomic E-state index is 5.88. The molecule has 0 N–H and O–H groups in total. The average molecular weight is 358 g/mol. The Hall–Kier alpha value is -2.04. The van der Waals surface area contributed by atoms with Crippen LogP contribution in [0.1, 0.15) is 18.7 Å². The van der Waals surface area contributed by atoms with Crippen LogP contribution in [0.3, 0.4) is 0 Å². The summed E-state index contributed by atoms with van der Waals surface area (Å²) >= 11 is 5.88. The lowest BCUT2D eigenvalue weighted by Gasteiger charge is -2.13. The number of halogens is 1. The quantitative estimate of drug-likeness (QED) is 0.551. The lowest BCUT2D eigenvalue weighted by atomic mass is 10.3. The van der Waals surface area contributed by atoms with E-state index in [-0.39, 0.29) is 0 Å². The van der Waals surface area contributed by atoms with Crippen LogP contribution in [0.2, 0.25) is 5.02 Å². The Morgan fingerprint density at radius 3 is 2.56 bits per heavy atom. The van der Waals surface area contributed by atoms with Crippen LogP contribution in [0.15, 0.2) is 48.5 Å². The molecular formula is C20H24ClN3O. The van der Waals surface area contributed by atoms with Crippen LogP contribution in [-0.4, -0.2) is 35.2 Å². The Balaban J connectivity index is 1.57. The molecule has 1 aromatic heterocycles. The lowest BCUT2D eigenvalue weighted by molar-refractivity contribution is 0.302. The molecule has 0 radical (unpaired) electrons. The van der Waals surface area contributed by atoms with Gasteiger partial charge in [0.25, 0.3) is 0 Å². The molecule has 1 heterocycles. The van der Waals surface area contributed by atoms with Crippen molar-refractivity contribution in [3.63, 3.8) is 0 Å². The first kappa shape index (κ1) is 17.8. The van der Waals surface area contributed by atoms with Crippen LogP contribution in [0, 0.1) is 0 Å². The van der Waals surface area contributed by atoms with Gasteiger partial charge in [-0.15, -0.1) is 0 Å². The van der Waals surface area contributed by atoms with E-state index < -0.39 is 0 Å². The van der Waals surface area contributed by atoms with E-state index >= 15 is 0 Å². The summed E-state index contributed by atoms with van der Waals surface area (Å²) in [7, 11) is 4.15. The molecule has 5 heteroatoms. The van der Waals surface area contributed by atoms with E-state index in [1.54, 1.807) is 0 Å². The highest BCUT2D eigenvalue weighted by molar-refractivity contribution is 6.30. The number of hydrogen-bond acceptors (Lipinski definition) is 3. The minimum absolute atomic E-state index is 0.706. The summed E-state index contributed by atoms with van der Waals surface area (Å²) in [6, 6.07) is 15.8. The van der Waals surface area contributed by atoms with Crippen LogP contribution in [-0.2, 0) is 13.1 Å². The summed E-state index contributed by atoms with van der Waals surface area (Å²) in [5.74, 6) is 1.98. The number of hydrogen-bond donors (Lipinski definition) is 0. The second kappa shape index (κ2) is 8.37. The summed E-state index contributed by atoms with van der Waals surface area (Å²) in [4.78, 5) is 6.94. The first-order valence-electron chi connectivity index (χ1n) is 8.61. The zero-order chi connectivity index (χ0) is 17.6. The largest absolute Gasteiger partial charge is 0.494 e. The number of nitrogens with zero attached hydrogens (tertiary/aromatic N) is 3. The van der Waals surface area contributed by atoms with Crippen molar-refractivity contribution in [3.05, 3.63) is 59.4 Å². The highest BCUT2D eigenvalue weighted by Gasteiger charge is 2.10. The molecule has 0 aliphatic carbocycles. The zero-order valence-electron chi connectivity index (χ0n) is 14.8. The van der Waals surface area contributed by atoms with Crippen LogP contribution in [0.25, 0.3) is 11.0 Å².